The van der Waals surface area contributed by atoms with E-state index in [4.69, 9.17) is 0 Å². The number of hydrogen-bond acceptors (Lipinski definition) is 0. The normalized spacial score (nSPS) is 11.6. The van der Waals surface area contributed by atoms with Gasteiger partial charge < -0.3 is 0 Å². The van der Waals surface area contributed by atoms with Gasteiger partial charge in [-0.2, -0.15) is 0 Å². The van der Waals surface area contributed by atoms with Gasteiger partial charge in [-0.1, -0.05) is 170 Å². The summed E-state index contributed by atoms with van der Waals surface area (Å²) < 4.78 is 0. The van der Waals surface area contributed by atoms with Crippen molar-refractivity contribution in [2.24, 2.45) is 0 Å². The van der Waals surface area contributed by atoms with E-state index in [-0.39, 0.29) is 0 Å². The summed E-state index contributed by atoms with van der Waals surface area (Å²) in [6, 6.07) is 71.5. The number of hydrogen-bond donors (Lipinski definition) is 0. The molecule has 0 atom stereocenters. The second kappa shape index (κ2) is 11.6. The average Bonchev–Trinajstić information content (AvgIpc) is 3.19. The molecule has 0 saturated heterocycles. The summed E-state index contributed by atoms with van der Waals surface area (Å²) in [6.07, 6.45) is 0. The molecule has 0 aliphatic carbocycles. The third-order valence-corrected chi connectivity index (χ3v) is 10.4. The van der Waals surface area contributed by atoms with Crippen LogP contribution in [0.5, 0.6) is 0 Å². The van der Waals surface area contributed by atoms with Crippen LogP contribution in [0.1, 0.15) is 0 Å². The van der Waals surface area contributed by atoms with Crippen LogP contribution in [0.2, 0.25) is 0 Å². The summed E-state index contributed by atoms with van der Waals surface area (Å²) in [4.78, 5) is 0. The number of rotatable bonds is 4. The van der Waals surface area contributed by atoms with Gasteiger partial charge in [-0.25, -0.2) is 0 Å². The molecule has 0 radical (unpaired) electrons. The lowest BCUT2D eigenvalue weighted by Crippen LogP contribution is -1.92. The molecular weight excluding hydrogens is 601 g/mol. The van der Waals surface area contributed by atoms with Crippen LogP contribution in [-0.2, 0) is 0 Å². The lowest BCUT2D eigenvalue weighted by Gasteiger charge is -2.19. The third kappa shape index (κ3) is 4.69. The Labute approximate surface area is 291 Å². The molecule has 0 aliphatic heterocycles. The van der Waals surface area contributed by atoms with Crippen LogP contribution in [0.25, 0.3) is 98.4 Å². The first-order valence-corrected chi connectivity index (χ1v) is 17.3. The zero-order chi connectivity index (χ0) is 33.0. The molecule has 0 fully saturated rings. The molecule has 10 rings (SSSR count). The molecule has 0 N–H and O–H groups in total. The standard InChI is InChI=1S/C50H32/c1-3-14-36-29-38(25-23-33(36)11-1)39-27-28-47-48(32-39)50(42-26-24-34-12-2-4-15-37(34)30-42)46-21-8-7-20-45(46)49(47)41-18-9-17-40(31-41)44-22-10-16-35-13-5-6-19-43(35)44/h1-32H. The molecule has 0 unspecified atom stereocenters. The van der Waals surface area contributed by atoms with E-state index < -0.39 is 0 Å². The zero-order valence-corrected chi connectivity index (χ0v) is 27.5. The van der Waals surface area contributed by atoms with E-state index in [1.807, 2.05) is 0 Å². The summed E-state index contributed by atoms with van der Waals surface area (Å²) in [6.45, 7) is 0. The highest BCUT2D eigenvalue weighted by Gasteiger charge is 2.18. The number of benzene rings is 10. The molecule has 50 heavy (non-hydrogen) atoms. The minimum atomic E-state index is 1.22. The monoisotopic (exact) mass is 632 g/mol. The molecule has 0 aromatic heterocycles. The molecule has 0 aliphatic rings. The smallest absolute Gasteiger partial charge is 0.00259 e. The molecular formula is C50H32. The van der Waals surface area contributed by atoms with Crippen molar-refractivity contribution < 1.29 is 0 Å². The summed E-state index contributed by atoms with van der Waals surface area (Å²) in [7, 11) is 0. The molecule has 0 heteroatoms. The Morgan fingerprint density at radius 1 is 0.200 bits per heavy atom. The van der Waals surface area contributed by atoms with Gasteiger partial charge in [0.1, 0.15) is 0 Å². The molecule has 232 valence electrons. The Hall–Kier alpha value is -6.50. The Bertz CT molecular complexity index is 2920. The van der Waals surface area contributed by atoms with Crippen LogP contribution in [0.4, 0.5) is 0 Å². The Morgan fingerprint density at radius 3 is 1.40 bits per heavy atom. The van der Waals surface area contributed by atoms with Crippen molar-refractivity contribution in [3.63, 3.8) is 0 Å². The Kier molecular flexibility index (Phi) is 6.60. The lowest BCUT2D eigenvalue weighted by molar-refractivity contribution is 1.63. The minimum absolute atomic E-state index is 1.22. The average molecular weight is 633 g/mol. The first-order valence-electron chi connectivity index (χ1n) is 17.3. The fourth-order valence-corrected chi connectivity index (χ4v) is 8.01. The van der Waals surface area contributed by atoms with Gasteiger partial charge in [0.2, 0.25) is 0 Å². The maximum absolute atomic E-state index is 2.43. The predicted octanol–water partition coefficient (Wildman–Crippen LogP) is 14.1. The second-order valence-corrected chi connectivity index (χ2v) is 13.3. The maximum atomic E-state index is 2.43. The summed E-state index contributed by atoms with van der Waals surface area (Å²) >= 11 is 0. The fraction of sp³-hybridized carbons (Fsp3) is 0. The highest BCUT2D eigenvalue weighted by atomic mass is 14.2. The molecule has 10 aromatic carbocycles. The number of fused-ring (bicyclic) bond motifs is 5. The van der Waals surface area contributed by atoms with Crippen LogP contribution < -0.4 is 0 Å². The van der Waals surface area contributed by atoms with Crippen molar-refractivity contribution in [2.45, 2.75) is 0 Å². The molecule has 0 amide bonds. The van der Waals surface area contributed by atoms with Crippen molar-refractivity contribution in [2.75, 3.05) is 0 Å². The second-order valence-electron chi connectivity index (χ2n) is 13.3. The van der Waals surface area contributed by atoms with E-state index in [2.05, 4.69) is 194 Å². The topological polar surface area (TPSA) is 0 Å². The fourth-order valence-electron chi connectivity index (χ4n) is 8.01. The minimum Gasteiger partial charge on any atom is -0.0616 e. The van der Waals surface area contributed by atoms with Gasteiger partial charge in [-0.3, -0.25) is 0 Å². The largest absolute Gasteiger partial charge is 0.0616 e. The summed E-state index contributed by atoms with van der Waals surface area (Å²) in [5.74, 6) is 0. The SMILES string of the molecule is c1cc(-c2cccc3ccccc23)cc(-c2c3ccccc3c(-c3ccc4ccccc4c3)c3cc(-c4ccc5ccccc5c4)ccc23)c1. The van der Waals surface area contributed by atoms with Crippen molar-refractivity contribution in [1.82, 2.24) is 0 Å². The first kappa shape index (κ1) is 28.5. The van der Waals surface area contributed by atoms with Gasteiger partial charge >= 0.3 is 0 Å². The van der Waals surface area contributed by atoms with Gasteiger partial charge in [-0.15, -0.1) is 0 Å². The van der Waals surface area contributed by atoms with Crippen LogP contribution in [0.3, 0.4) is 0 Å². The van der Waals surface area contributed by atoms with Gasteiger partial charge in [0.05, 0.1) is 0 Å². The van der Waals surface area contributed by atoms with Crippen LogP contribution in [0.15, 0.2) is 194 Å². The summed E-state index contributed by atoms with van der Waals surface area (Å²) in [5, 5.41) is 12.6. The van der Waals surface area contributed by atoms with Gasteiger partial charge in [0.15, 0.2) is 0 Å². The summed E-state index contributed by atoms with van der Waals surface area (Å²) in [5.41, 5.74) is 9.92. The van der Waals surface area contributed by atoms with E-state index >= 15 is 0 Å². The van der Waals surface area contributed by atoms with Crippen molar-refractivity contribution in [3.05, 3.63) is 194 Å². The van der Waals surface area contributed by atoms with Crippen molar-refractivity contribution in [3.8, 4) is 44.5 Å². The molecule has 10 aromatic rings. The maximum Gasteiger partial charge on any atom is -0.00259 e. The predicted molar refractivity (Wildman–Crippen MR) is 216 cm³/mol. The highest BCUT2D eigenvalue weighted by molar-refractivity contribution is 6.22. The van der Waals surface area contributed by atoms with Crippen LogP contribution >= 0.6 is 0 Å². The zero-order valence-electron chi connectivity index (χ0n) is 27.5. The molecule has 0 heterocycles. The Balaban J connectivity index is 1.27. The molecule has 0 spiro atoms. The molecule has 0 nitrogen and oxygen atoms in total. The van der Waals surface area contributed by atoms with E-state index in [1.54, 1.807) is 0 Å². The first-order chi connectivity index (χ1) is 24.8. The van der Waals surface area contributed by atoms with E-state index in [9.17, 15) is 0 Å². The quantitative estimate of drug-likeness (QED) is 0.169. The van der Waals surface area contributed by atoms with Crippen LogP contribution in [0, 0.1) is 0 Å². The van der Waals surface area contributed by atoms with Crippen LogP contribution in [-0.4, -0.2) is 0 Å². The van der Waals surface area contributed by atoms with Gasteiger partial charge in [0, 0.05) is 0 Å². The van der Waals surface area contributed by atoms with Crippen molar-refractivity contribution >= 4 is 53.9 Å². The van der Waals surface area contributed by atoms with E-state index in [1.165, 1.54) is 98.4 Å². The third-order valence-electron chi connectivity index (χ3n) is 10.4. The molecule has 0 saturated carbocycles. The van der Waals surface area contributed by atoms with E-state index in [0.717, 1.165) is 0 Å². The Morgan fingerprint density at radius 2 is 0.660 bits per heavy atom. The van der Waals surface area contributed by atoms with Gasteiger partial charge in [-0.05, 0) is 123 Å². The van der Waals surface area contributed by atoms with Crippen molar-refractivity contribution in [1.29, 1.82) is 0 Å². The van der Waals surface area contributed by atoms with Gasteiger partial charge in [0.25, 0.3) is 0 Å². The molecule has 0 bridgehead atoms. The highest BCUT2D eigenvalue weighted by Crippen LogP contribution is 2.46. The van der Waals surface area contributed by atoms with E-state index in [0.29, 0.717) is 0 Å². The lowest BCUT2D eigenvalue weighted by atomic mass is 9.84.